The van der Waals surface area contributed by atoms with Crippen molar-refractivity contribution in [2.45, 2.75) is 26.2 Å². The SMILES string of the molecule is COc1ccc(F)cc1C(C#N)CCOc1c(C)cccc1C. The monoisotopic (exact) mass is 313 g/mol. The van der Waals surface area contributed by atoms with Crippen LogP contribution >= 0.6 is 0 Å². The van der Waals surface area contributed by atoms with Gasteiger partial charge in [0, 0.05) is 12.0 Å². The summed E-state index contributed by atoms with van der Waals surface area (Å²) in [5.41, 5.74) is 2.67. The van der Waals surface area contributed by atoms with E-state index in [0.717, 1.165) is 16.9 Å². The van der Waals surface area contributed by atoms with E-state index in [2.05, 4.69) is 6.07 Å². The Hall–Kier alpha value is -2.54. The Morgan fingerprint density at radius 1 is 1.17 bits per heavy atom. The summed E-state index contributed by atoms with van der Waals surface area (Å²) in [5, 5.41) is 9.41. The van der Waals surface area contributed by atoms with Gasteiger partial charge in [0.05, 0.1) is 25.7 Å². The zero-order valence-electron chi connectivity index (χ0n) is 13.6. The Balaban J connectivity index is 2.10. The van der Waals surface area contributed by atoms with Gasteiger partial charge in [-0.25, -0.2) is 4.39 Å². The van der Waals surface area contributed by atoms with E-state index in [9.17, 15) is 9.65 Å². The number of nitriles is 1. The van der Waals surface area contributed by atoms with Crippen LogP contribution in [0.1, 0.15) is 29.0 Å². The van der Waals surface area contributed by atoms with Crippen molar-refractivity contribution in [3.05, 3.63) is 58.9 Å². The fraction of sp³-hybridized carbons (Fsp3) is 0.316. The maximum absolute atomic E-state index is 13.5. The number of ether oxygens (including phenoxy) is 2. The Morgan fingerprint density at radius 2 is 1.87 bits per heavy atom. The lowest BCUT2D eigenvalue weighted by Crippen LogP contribution is -2.07. The molecular weight excluding hydrogens is 293 g/mol. The lowest BCUT2D eigenvalue weighted by molar-refractivity contribution is 0.300. The Kier molecular flexibility index (Phi) is 5.59. The summed E-state index contributed by atoms with van der Waals surface area (Å²) >= 11 is 0. The van der Waals surface area contributed by atoms with Crippen LogP contribution < -0.4 is 9.47 Å². The number of methoxy groups -OCH3 is 1. The summed E-state index contributed by atoms with van der Waals surface area (Å²) in [7, 11) is 1.51. The largest absolute Gasteiger partial charge is 0.496 e. The van der Waals surface area contributed by atoms with Gasteiger partial charge in [0.25, 0.3) is 0 Å². The molecule has 4 heteroatoms. The minimum atomic E-state index is -0.482. The van der Waals surface area contributed by atoms with E-state index in [1.54, 1.807) is 6.07 Å². The lowest BCUT2D eigenvalue weighted by atomic mass is 9.96. The predicted molar refractivity (Wildman–Crippen MR) is 87.3 cm³/mol. The minimum Gasteiger partial charge on any atom is -0.496 e. The highest BCUT2D eigenvalue weighted by atomic mass is 19.1. The van der Waals surface area contributed by atoms with Gasteiger partial charge in [-0.3, -0.25) is 0 Å². The van der Waals surface area contributed by atoms with Crippen LogP contribution in [-0.4, -0.2) is 13.7 Å². The van der Waals surface area contributed by atoms with E-state index in [-0.39, 0.29) is 5.82 Å². The lowest BCUT2D eigenvalue weighted by Gasteiger charge is -2.16. The number of nitrogens with zero attached hydrogens (tertiary/aromatic N) is 1. The fourth-order valence-electron chi connectivity index (χ4n) is 2.57. The smallest absolute Gasteiger partial charge is 0.125 e. The summed E-state index contributed by atoms with van der Waals surface area (Å²) in [6.45, 7) is 4.35. The average Bonchev–Trinajstić information content (AvgIpc) is 2.54. The summed E-state index contributed by atoms with van der Waals surface area (Å²) < 4.78 is 24.5. The van der Waals surface area contributed by atoms with Crippen molar-refractivity contribution < 1.29 is 13.9 Å². The minimum absolute atomic E-state index is 0.378. The zero-order valence-corrected chi connectivity index (χ0v) is 13.6. The second-order valence-corrected chi connectivity index (χ2v) is 5.43. The van der Waals surface area contributed by atoms with E-state index >= 15 is 0 Å². The molecule has 0 heterocycles. The Bertz CT molecular complexity index is 702. The van der Waals surface area contributed by atoms with Crippen molar-refractivity contribution in [1.29, 1.82) is 5.26 Å². The van der Waals surface area contributed by atoms with Gasteiger partial charge < -0.3 is 9.47 Å². The summed E-state index contributed by atoms with van der Waals surface area (Å²) in [4.78, 5) is 0. The molecule has 120 valence electrons. The van der Waals surface area contributed by atoms with Gasteiger partial charge in [0.1, 0.15) is 17.3 Å². The van der Waals surface area contributed by atoms with Crippen LogP contribution in [0.25, 0.3) is 0 Å². The third kappa shape index (κ3) is 4.01. The molecule has 2 aromatic carbocycles. The van der Waals surface area contributed by atoms with Crippen LogP contribution in [0.15, 0.2) is 36.4 Å². The van der Waals surface area contributed by atoms with Gasteiger partial charge in [0.15, 0.2) is 0 Å². The van der Waals surface area contributed by atoms with Gasteiger partial charge in [-0.1, -0.05) is 18.2 Å². The van der Waals surface area contributed by atoms with Crippen molar-refractivity contribution >= 4 is 0 Å². The molecule has 0 aliphatic heterocycles. The standard InChI is InChI=1S/C19H20FNO2/c1-13-5-4-6-14(2)19(13)23-10-9-15(12-21)17-11-16(20)7-8-18(17)22-3/h4-8,11,15H,9-10H2,1-3H3. The van der Waals surface area contributed by atoms with E-state index in [1.165, 1.54) is 19.2 Å². The molecule has 0 spiro atoms. The van der Waals surface area contributed by atoms with Crippen molar-refractivity contribution in [2.24, 2.45) is 0 Å². The van der Waals surface area contributed by atoms with E-state index in [1.807, 2.05) is 32.0 Å². The average molecular weight is 313 g/mol. The molecule has 0 amide bonds. The molecule has 0 aliphatic rings. The van der Waals surface area contributed by atoms with Crippen LogP contribution in [-0.2, 0) is 0 Å². The number of hydrogen-bond acceptors (Lipinski definition) is 3. The molecule has 0 saturated carbocycles. The maximum Gasteiger partial charge on any atom is 0.125 e. The first kappa shape index (κ1) is 16.8. The second-order valence-electron chi connectivity index (χ2n) is 5.43. The third-order valence-electron chi connectivity index (χ3n) is 3.78. The molecule has 3 nitrogen and oxygen atoms in total. The number of para-hydroxylation sites is 1. The molecule has 0 N–H and O–H groups in total. The highest BCUT2D eigenvalue weighted by molar-refractivity contribution is 5.41. The maximum atomic E-state index is 13.5. The van der Waals surface area contributed by atoms with Crippen LogP contribution in [0.4, 0.5) is 4.39 Å². The molecule has 0 saturated heterocycles. The second kappa shape index (κ2) is 7.64. The fourth-order valence-corrected chi connectivity index (χ4v) is 2.57. The molecule has 0 aliphatic carbocycles. The normalized spacial score (nSPS) is 11.6. The molecule has 0 aromatic heterocycles. The molecule has 1 atom stereocenters. The van der Waals surface area contributed by atoms with Gasteiger partial charge in [-0.05, 0) is 43.2 Å². The Morgan fingerprint density at radius 3 is 2.48 bits per heavy atom. The molecule has 2 aromatic rings. The quantitative estimate of drug-likeness (QED) is 0.787. The van der Waals surface area contributed by atoms with Crippen LogP contribution in [0.2, 0.25) is 0 Å². The predicted octanol–water partition coefficient (Wildman–Crippen LogP) is 4.53. The molecule has 2 rings (SSSR count). The van der Waals surface area contributed by atoms with Crippen LogP contribution in [0, 0.1) is 31.0 Å². The summed E-state index contributed by atoms with van der Waals surface area (Å²) in [5.74, 6) is 0.502. The van der Waals surface area contributed by atoms with Crippen LogP contribution in [0.3, 0.4) is 0 Å². The highest BCUT2D eigenvalue weighted by Gasteiger charge is 2.17. The topological polar surface area (TPSA) is 42.2 Å². The van der Waals surface area contributed by atoms with Crippen molar-refractivity contribution in [3.8, 4) is 17.6 Å². The highest BCUT2D eigenvalue weighted by Crippen LogP contribution is 2.30. The number of benzene rings is 2. The van der Waals surface area contributed by atoms with Crippen molar-refractivity contribution in [3.63, 3.8) is 0 Å². The number of rotatable bonds is 6. The van der Waals surface area contributed by atoms with E-state index in [4.69, 9.17) is 9.47 Å². The first-order valence-electron chi connectivity index (χ1n) is 7.49. The third-order valence-corrected chi connectivity index (χ3v) is 3.78. The zero-order chi connectivity index (χ0) is 16.8. The van der Waals surface area contributed by atoms with Gasteiger partial charge in [-0.2, -0.15) is 5.26 Å². The first-order chi connectivity index (χ1) is 11.1. The number of halogens is 1. The number of hydrogen-bond donors (Lipinski definition) is 0. The summed E-state index contributed by atoms with van der Waals surface area (Å²) in [6.07, 6.45) is 0.462. The number of aryl methyl sites for hydroxylation is 2. The van der Waals surface area contributed by atoms with E-state index < -0.39 is 5.92 Å². The van der Waals surface area contributed by atoms with Crippen molar-refractivity contribution in [1.82, 2.24) is 0 Å². The van der Waals surface area contributed by atoms with Gasteiger partial charge in [0.2, 0.25) is 0 Å². The van der Waals surface area contributed by atoms with Gasteiger partial charge >= 0.3 is 0 Å². The first-order valence-corrected chi connectivity index (χ1v) is 7.49. The van der Waals surface area contributed by atoms with Crippen molar-refractivity contribution in [2.75, 3.05) is 13.7 Å². The Labute approximate surface area is 136 Å². The molecular formula is C19H20FNO2. The summed E-state index contributed by atoms with van der Waals surface area (Å²) in [6, 6.07) is 12.4. The molecule has 0 bridgehead atoms. The molecule has 23 heavy (non-hydrogen) atoms. The van der Waals surface area contributed by atoms with E-state index in [0.29, 0.717) is 24.3 Å². The molecule has 0 fully saturated rings. The molecule has 1 unspecified atom stereocenters. The molecule has 0 radical (unpaired) electrons. The van der Waals surface area contributed by atoms with Gasteiger partial charge in [-0.15, -0.1) is 0 Å². The van der Waals surface area contributed by atoms with Crippen LogP contribution in [0.5, 0.6) is 11.5 Å².